The van der Waals surface area contributed by atoms with E-state index in [2.05, 4.69) is 5.16 Å². The van der Waals surface area contributed by atoms with Gasteiger partial charge >= 0.3 is 0 Å². The Kier molecular flexibility index (Phi) is 5.15. The second-order valence-corrected chi connectivity index (χ2v) is 7.15. The second kappa shape index (κ2) is 7.75. The molecule has 2 heterocycles. The zero-order chi connectivity index (χ0) is 20.5. The molecule has 0 bridgehead atoms. The number of carbonyl (C=O) groups excluding carboxylic acids is 1. The van der Waals surface area contributed by atoms with Crippen LogP contribution in [0.4, 0.5) is 4.39 Å². The molecule has 4 rings (SSSR count). The lowest BCUT2D eigenvalue weighted by molar-refractivity contribution is 0.0520. The van der Waals surface area contributed by atoms with Crippen molar-refractivity contribution in [3.8, 4) is 22.8 Å². The number of halogens is 2. The van der Waals surface area contributed by atoms with Crippen molar-refractivity contribution >= 4 is 17.5 Å². The summed E-state index contributed by atoms with van der Waals surface area (Å²) in [4.78, 5) is 14.6. The summed E-state index contributed by atoms with van der Waals surface area (Å²) in [7, 11) is 1.63. The van der Waals surface area contributed by atoms with E-state index in [9.17, 15) is 9.18 Å². The van der Waals surface area contributed by atoms with Gasteiger partial charge in [0.15, 0.2) is 17.6 Å². The van der Waals surface area contributed by atoms with E-state index in [1.807, 2.05) is 24.3 Å². The van der Waals surface area contributed by atoms with Gasteiger partial charge in [-0.2, -0.15) is 0 Å². The molecule has 0 radical (unpaired) electrons. The Morgan fingerprint density at radius 2 is 2.00 bits per heavy atom. The van der Waals surface area contributed by atoms with E-state index >= 15 is 0 Å². The van der Waals surface area contributed by atoms with Crippen molar-refractivity contribution in [1.29, 1.82) is 0 Å². The molecular formula is C21H18ClFN2O4. The third-order valence-corrected chi connectivity index (χ3v) is 4.98. The highest BCUT2D eigenvalue weighted by atomic mass is 35.5. The van der Waals surface area contributed by atoms with Crippen LogP contribution in [0, 0.1) is 12.7 Å². The minimum Gasteiger partial charge on any atom is -0.486 e. The molecule has 6 nitrogen and oxygen atoms in total. The number of benzene rings is 2. The summed E-state index contributed by atoms with van der Waals surface area (Å²) in [6, 6.07) is 11.6. The lowest BCUT2D eigenvalue weighted by Gasteiger charge is -2.29. The SMILES string of the molecule is Cc1onc(-c2c(F)cccc2Cl)c1C(=O)N(C)C[C@H]1COc2ccccc2O1. The molecule has 29 heavy (non-hydrogen) atoms. The van der Waals surface area contributed by atoms with E-state index in [1.165, 1.54) is 23.1 Å². The van der Waals surface area contributed by atoms with Gasteiger partial charge in [-0.05, 0) is 31.2 Å². The molecule has 2 aromatic carbocycles. The molecule has 3 aromatic rings. The number of hydrogen-bond acceptors (Lipinski definition) is 5. The highest BCUT2D eigenvalue weighted by Crippen LogP contribution is 2.34. The van der Waals surface area contributed by atoms with Crippen LogP contribution < -0.4 is 9.47 Å². The minimum absolute atomic E-state index is 0.0361. The fraction of sp³-hybridized carbons (Fsp3) is 0.238. The maximum atomic E-state index is 14.4. The van der Waals surface area contributed by atoms with Crippen LogP contribution in [0.15, 0.2) is 47.0 Å². The second-order valence-electron chi connectivity index (χ2n) is 6.74. The zero-order valence-electron chi connectivity index (χ0n) is 15.8. The Morgan fingerprint density at radius 1 is 1.24 bits per heavy atom. The molecule has 1 aliphatic heterocycles. The first kappa shape index (κ1) is 19.3. The summed E-state index contributed by atoms with van der Waals surface area (Å²) >= 11 is 6.15. The largest absolute Gasteiger partial charge is 0.486 e. The summed E-state index contributed by atoms with van der Waals surface area (Å²) < 4.78 is 31.2. The predicted octanol–water partition coefficient (Wildman–Crippen LogP) is 4.35. The standard InChI is InChI=1S/C21H18ClFN2O4/c1-12-18(20(24-29-12)19-14(22)6-5-7-15(19)23)21(26)25(2)10-13-11-27-16-8-3-4-9-17(16)28-13/h3-9,13H,10-11H2,1-2H3/t13-/m0/s1. The average Bonchev–Trinajstić information content (AvgIpc) is 3.08. The molecule has 0 saturated carbocycles. The molecule has 150 valence electrons. The van der Waals surface area contributed by atoms with Crippen molar-refractivity contribution in [1.82, 2.24) is 10.1 Å². The number of fused-ring (bicyclic) bond motifs is 1. The van der Waals surface area contributed by atoms with Gasteiger partial charge in [0, 0.05) is 7.05 Å². The number of ether oxygens (including phenoxy) is 2. The van der Waals surface area contributed by atoms with E-state index in [4.69, 9.17) is 25.6 Å². The van der Waals surface area contributed by atoms with Crippen LogP contribution in [-0.4, -0.2) is 42.3 Å². The van der Waals surface area contributed by atoms with E-state index in [-0.39, 0.29) is 46.2 Å². The maximum Gasteiger partial charge on any atom is 0.259 e. The van der Waals surface area contributed by atoms with Gasteiger partial charge in [-0.15, -0.1) is 0 Å². The van der Waals surface area contributed by atoms with E-state index < -0.39 is 5.82 Å². The highest BCUT2D eigenvalue weighted by Gasteiger charge is 2.30. The van der Waals surface area contributed by atoms with Crippen LogP contribution in [-0.2, 0) is 0 Å². The van der Waals surface area contributed by atoms with Crippen LogP contribution in [0.3, 0.4) is 0 Å². The number of aryl methyl sites for hydroxylation is 1. The topological polar surface area (TPSA) is 64.8 Å². The number of amides is 1. The van der Waals surface area contributed by atoms with Gasteiger partial charge in [-0.1, -0.05) is 35.0 Å². The van der Waals surface area contributed by atoms with Gasteiger partial charge in [-0.25, -0.2) is 4.39 Å². The fourth-order valence-electron chi connectivity index (χ4n) is 3.25. The number of hydrogen-bond donors (Lipinski definition) is 0. The number of carbonyl (C=O) groups is 1. The number of likely N-dealkylation sites (N-methyl/N-ethyl adjacent to an activating group) is 1. The number of aromatic nitrogens is 1. The molecule has 0 fully saturated rings. The summed E-state index contributed by atoms with van der Waals surface area (Å²) in [6.07, 6.45) is -0.348. The summed E-state index contributed by atoms with van der Waals surface area (Å²) in [5.74, 6) is 0.625. The Labute approximate surface area is 171 Å². The Balaban J connectivity index is 1.57. The van der Waals surface area contributed by atoms with Crippen molar-refractivity contribution in [2.75, 3.05) is 20.2 Å². The summed E-state index contributed by atoms with van der Waals surface area (Å²) in [6.45, 7) is 2.17. The van der Waals surface area contributed by atoms with Crippen molar-refractivity contribution in [3.05, 3.63) is 64.6 Å². The molecule has 1 aromatic heterocycles. The molecule has 1 aliphatic rings. The Morgan fingerprint density at radius 3 is 2.76 bits per heavy atom. The maximum absolute atomic E-state index is 14.4. The molecule has 1 atom stereocenters. The Hall–Kier alpha value is -3.06. The number of rotatable bonds is 4. The molecule has 0 spiro atoms. The predicted molar refractivity (Wildman–Crippen MR) is 105 cm³/mol. The van der Waals surface area contributed by atoms with Gasteiger partial charge in [-0.3, -0.25) is 4.79 Å². The van der Waals surface area contributed by atoms with Gasteiger partial charge in [0.25, 0.3) is 5.91 Å². The molecule has 0 aliphatic carbocycles. The monoisotopic (exact) mass is 416 g/mol. The first-order chi connectivity index (χ1) is 14.0. The molecule has 0 saturated heterocycles. The van der Waals surface area contributed by atoms with Gasteiger partial charge in [0.2, 0.25) is 0 Å². The Bertz CT molecular complexity index is 1050. The number of para-hydroxylation sites is 2. The average molecular weight is 417 g/mol. The third-order valence-electron chi connectivity index (χ3n) is 4.67. The summed E-state index contributed by atoms with van der Waals surface area (Å²) in [5.41, 5.74) is 0.277. The lowest BCUT2D eigenvalue weighted by atomic mass is 10.0. The molecular weight excluding hydrogens is 399 g/mol. The van der Waals surface area contributed by atoms with Gasteiger partial charge < -0.3 is 18.9 Å². The molecule has 1 amide bonds. The quantitative estimate of drug-likeness (QED) is 0.632. The summed E-state index contributed by atoms with van der Waals surface area (Å²) in [5, 5.41) is 4.03. The van der Waals surface area contributed by atoms with Crippen molar-refractivity contribution in [3.63, 3.8) is 0 Å². The molecule has 0 N–H and O–H groups in total. The minimum atomic E-state index is -0.580. The first-order valence-corrected chi connectivity index (χ1v) is 9.38. The number of nitrogens with zero attached hydrogens (tertiary/aromatic N) is 2. The van der Waals surface area contributed by atoms with E-state index in [1.54, 1.807) is 14.0 Å². The fourth-order valence-corrected chi connectivity index (χ4v) is 3.50. The third kappa shape index (κ3) is 3.65. The molecule has 8 heteroatoms. The smallest absolute Gasteiger partial charge is 0.259 e. The van der Waals surface area contributed by atoms with Gasteiger partial charge in [0.1, 0.15) is 29.4 Å². The van der Waals surface area contributed by atoms with Crippen LogP contribution in [0.25, 0.3) is 11.3 Å². The van der Waals surface area contributed by atoms with Gasteiger partial charge in [0.05, 0.1) is 17.1 Å². The van der Waals surface area contributed by atoms with E-state index in [0.29, 0.717) is 18.1 Å². The van der Waals surface area contributed by atoms with Crippen LogP contribution in [0.1, 0.15) is 16.1 Å². The highest BCUT2D eigenvalue weighted by molar-refractivity contribution is 6.33. The van der Waals surface area contributed by atoms with Crippen molar-refractivity contribution < 1.29 is 23.2 Å². The first-order valence-electron chi connectivity index (χ1n) is 9.00. The zero-order valence-corrected chi connectivity index (χ0v) is 16.6. The van der Waals surface area contributed by atoms with Crippen LogP contribution in [0.2, 0.25) is 5.02 Å². The lowest BCUT2D eigenvalue weighted by Crippen LogP contribution is -2.42. The van der Waals surface area contributed by atoms with Crippen LogP contribution in [0.5, 0.6) is 11.5 Å². The molecule has 0 unspecified atom stereocenters. The van der Waals surface area contributed by atoms with Crippen LogP contribution >= 0.6 is 11.6 Å². The van der Waals surface area contributed by atoms with Crippen molar-refractivity contribution in [2.45, 2.75) is 13.0 Å². The van der Waals surface area contributed by atoms with Crippen molar-refractivity contribution in [2.24, 2.45) is 0 Å². The normalized spacial score (nSPS) is 15.2. The van der Waals surface area contributed by atoms with E-state index in [0.717, 1.165) is 0 Å².